The van der Waals surface area contributed by atoms with Crippen LogP contribution in [0.1, 0.15) is 23.1 Å². The molecule has 1 aromatic rings. The molecule has 1 N–H and O–H groups in total. The lowest BCUT2D eigenvalue weighted by Crippen LogP contribution is -2.27. The van der Waals surface area contributed by atoms with Crippen molar-refractivity contribution < 1.29 is 0 Å². The van der Waals surface area contributed by atoms with E-state index >= 15 is 0 Å². The van der Waals surface area contributed by atoms with Crippen LogP contribution in [0.3, 0.4) is 0 Å². The van der Waals surface area contributed by atoms with Crippen LogP contribution in [-0.4, -0.2) is 13.1 Å². The second-order valence-electron chi connectivity index (χ2n) is 4.09. The van der Waals surface area contributed by atoms with Gasteiger partial charge in [0.2, 0.25) is 0 Å². The molecule has 1 atom stereocenters. The lowest BCUT2D eigenvalue weighted by atomic mass is 10.00. The maximum atomic E-state index is 5.33. The smallest absolute Gasteiger partial charge is 0.0243 e. The Hall–Kier alpha value is -1.26. The van der Waals surface area contributed by atoms with E-state index in [-0.39, 0.29) is 0 Å². The maximum Gasteiger partial charge on any atom is 0.0243 e. The summed E-state index contributed by atoms with van der Waals surface area (Å²) in [5.41, 5.74) is 4.00. The summed E-state index contributed by atoms with van der Waals surface area (Å²) in [6.07, 6.45) is 7.11. The molecule has 1 nitrogen and oxygen atoms in total. The van der Waals surface area contributed by atoms with Gasteiger partial charge in [-0.25, -0.2) is 0 Å². The third-order valence-electron chi connectivity index (χ3n) is 2.54. The molecular weight excluding hydrogens is 182 g/mol. The number of hydrogen-bond acceptors (Lipinski definition) is 1. The Morgan fingerprint density at radius 2 is 1.87 bits per heavy atom. The van der Waals surface area contributed by atoms with Crippen molar-refractivity contribution in [3.05, 3.63) is 34.9 Å². The van der Waals surface area contributed by atoms with E-state index in [0.717, 1.165) is 12.8 Å². The summed E-state index contributed by atoms with van der Waals surface area (Å²) in [4.78, 5) is 0. The lowest BCUT2D eigenvalue weighted by molar-refractivity contribution is 0.573. The number of likely N-dealkylation sites (N-methyl/N-ethyl adjacent to an activating group) is 1. The Labute approximate surface area is 92.9 Å². The van der Waals surface area contributed by atoms with Crippen molar-refractivity contribution >= 4 is 0 Å². The Bertz CT molecular complexity index is 340. The molecule has 80 valence electrons. The van der Waals surface area contributed by atoms with Crippen LogP contribution in [0.5, 0.6) is 0 Å². The van der Waals surface area contributed by atoms with E-state index in [4.69, 9.17) is 6.42 Å². The standard InChI is InChI=1S/C14H19N/c1-5-6-14(15-4)10-13-8-11(2)7-12(3)9-13/h1,7-9,14-15H,6,10H2,2-4H3. The summed E-state index contributed by atoms with van der Waals surface area (Å²) in [5.74, 6) is 2.71. The summed E-state index contributed by atoms with van der Waals surface area (Å²) >= 11 is 0. The number of benzene rings is 1. The number of nitrogens with one attached hydrogen (secondary N) is 1. The van der Waals surface area contributed by atoms with Crippen molar-refractivity contribution in [1.82, 2.24) is 5.32 Å². The van der Waals surface area contributed by atoms with Gasteiger partial charge < -0.3 is 5.32 Å². The quantitative estimate of drug-likeness (QED) is 0.738. The van der Waals surface area contributed by atoms with Crippen LogP contribution in [0.2, 0.25) is 0 Å². The predicted molar refractivity (Wildman–Crippen MR) is 65.9 cm³/mol. The zero-order valence-electron chi connectivity index (χ0n) is 9.80. The van der Waals surface area contributed by atoms with Gasteiger partial charge in [0.15, 0.2) is 0 Å². The maximum absolute atomic E-state index is 5.33. The van der Waals surface area contributed by atoms with E-state index in [9.17, 15) is 0 Å². The minimum absolute atomic E-state index is 0.385. The predicted octanol–water partition coefficient (Wildman–Crippen LogP) is 2.46. The van der Waals surface area contributed by atoms with Gasteiger partial charge >= 0.3 is 0 Å². The van der Waals surface area contributed by atoms with Crippen LogP contribution in [0.15, 0.2) is 18.2 Å². The normalized spacial score (nSPS) is 12.1. The second kappa shape index (κ2) is 5.58. The van der Waals surface area contributed by atoms with Gasteiger partial charge in [-0.15, -0.1) is 12.3 Å². The van der Waals surface area contributed by atoms with Crippen molar-refractivity contribution in [3.63, 3.8) is 0 Å². The molecule has 0 radical (unpaired) electrons. The van der Waals surface area contributed by atoms with Gasteiger partial charge in [0.1, 0.15) is 0 Å². The number of aryl methyl sites for hydroxylation is 2. The second-order valence-corrected chi connectivity index (χ2v) is 4.09. The molecule has 0 aliphatic heterocycles. The molecule has 0 saturated carbocycles. The minimum Gasteiger partial charge on any atom is -0.316 e. The molecule has 0 bridgehead atoms. The zero-order valence-corrected chi connectivity index (χ0v) is 9.80. The molecular formula is C14H19N. The van der Waals surface area contributed by atoms with Gasteiger partial charge in [-0.3, -0.25) is 0 Å². The van der Waals surface area contributed by atoms with E-state index in [1.165, 1.54) is 16.7 Å². The SMILES string of the molecule is C#CCC(Cc1cc(C)cc(C)c1)NC. The van der Waals surface area contributed by atoms with Crippen molar-refractivity contribution in [1.29, 1.82) is 0 Å². The number of terminal acetylenes is 1. The molecule has 0 spiro atoms. The van der Waals surface area contributed by atoms with Crippen molar-refractivity contribution in [2.24, 2.45) is 0 Å². The van der Waals surface area contributed by atoms with E-state index in [1.54, 1.807) is 0 Å². The molecule has 0 aromatic heterocycles. The van der Waals surface area contributed by atoms with Crippen LogP contribution < -0.4 is 5.32 Å². The summed E-state index contributed by atoms with van der Waals surface area (Å²) in [5, 5.41) is 3.25. The number of rotatable bonds is 4. The van der Waals surface area contributed by atoms with E-state index in [0.29, 0.717) is 6.04 Å². The Morgan fingerprint density at radius 1 is 1.27 bits per heavy atom. The number of hydrogen-bond donors (Lipinski definition) is 1. The first-order valence-electron chi connectivity index (χ1n) is 5.33. The molecule has 15 heavy (non-hydrogen) atoms. The molecule has 1 unspecified atom stereocenters. The third kappa shape index (κ3) is 3.77. The van der Waals surface area contributed by atoms with Gasteiger partial charge in [0.25, 0.3) is 0 Å². The summed E-state index contributed by atoms with van der Waals surface area (Å²) in [7, 11) is 1.96. The Kier molecular flexibility index (Phi) is 4.39. The average molecular weight is 201 g/mol. The van der Waals surface area contributed by atoms with Crippen LogP contribution in [0.25, 0.3) is 0 Å². The zero-order chi connectivity index (χ0) is 11.3. The molecule has 0 heterocycles. The van der Waals surface area contributed by atoms with Crippen molar-refractivity contribution in [2.45, 2.75) is 32.7 Å². The van der Waals surface area contributed by atoms with Gasteiger partial charge in [-0.05, 0) is 32.9 Å². The fourth-order valence-corrected chi connectivity index (χ4v) is 1.89. The fourth-order valence-electron chi connectivity index (χ4n) is 1.89. The summed E-state index contributed by atoms with van der Waals surface area (Å²) in [6, 6.07) is 7.04. The molecule has 0 amide bonds. The van der Waals surface area contributed by atoms with Gasteiger partial charge in [-0.1, -0.05) is 29.3 Å². The first-order valence-corrected chi connectivity index (χ1v) is 5.33. The van der Waals surface area contributed by atoms with Gasteiger partial charge in [0.05, 0.1) is 0 Å². The minimum atomic E-state index is 0.385. The van der Waals surface area contributed by atoms with E-state index < -0.39 is 0 Å². The monoisotopic (exact) mass is 201 g/mol. The molecule has 0 aliphatic rings. The Balaban J connectivity index is 2.75. The lowest BCUT2D eigenvalue weighted by Gasteiger charge is -2.14. The average Bonchev–Trinajstić information content (AvgIpc) is 2.15. The topological polar surface area (TPSA) is 12.0 Å². The summed E-state index contributed by atoms with van der Waals surface area (Å²) < 4.78 is 0. The first kappa shape index (κ1) is 11.8. The molecule has 0 fully saturated rings. The van der Waals surface area contributed by atoms with Gasteiger partial charge in [-0.2, -0.15) is 0 Å². The Morgan fingerprint density at radius 3 is 2.33 bits per heavy atom. The molecule has 1 aromatic carbocycles. The van der Waals surface area contributed by atoms with E-state index in [1.807, 2.05) is 7.05 Å². The highest BCUT2D eigenvalue weighted by Crippen LogP contribution is 2.11. The van der Waals surface area contributed by atoms with Gasteiger partial charge in [0, 0.05) is 12.5 Å². The van der Waals surface area contributed by atoms with Crippen molar-refractivity contribution in [2.75, 3.05) is 7.05 Å². The fraction of sp³-hybridized carbons (Fsp3) is 0.429. The van der Waals surface area contributed by atoms with Crippen LogP contribution in [0, 0.1) is 26.2 Å². The van der Waals surface area contributed by atoms with E-state index in [2.05, 4.69) is 43.3 Å². The first-order chi connectivity index (χ1) is 7.15. The molecule has 1 heteroatoms. The highest BCUT2D eigenvalue weighted by atomic mass is 14.9. The summed E-state index contributed by atoms with van der Waals surface area (Å²) in [6.45, 7) is 4.26. The third-order valence-corrected chi connectivity index (χ3v) is 2.54. The highest BCUT2D eigenvalue weighted by Gasteiger charge is 2.06. The van der Waals surface area contributed by atoms with Crippen LogP contribution >= 0.6 is 0 Å². The van der Waals surface area contributed by atoms with Crippen molar-refractivity contribution in [3.8, 4) is 12.3 Å². The molecule has 1 rings (SSSR count). The molecule has 0 aliphatic carbocycles. The van der Waals surface area contributed by atoms with Crippen LogP contribution in [0.4, 0.5) is 0 Å². The molecule has 0 saturated heterocycles. The highest BCUT2D eigenvalue weighted by molar-refractivity contribution is 5.29. The largest absolute Gasteiger partial charge is 0.316 e. The van der Waals surface area contributed by atoms with Crippen LogP contribution in [-0.2, 0) is 6.42 Å².